The Kier molecular flexibility index (Phi) is 4.15. The molecule has 9 heteroatoms. The number of carbonyl (C=O) groups excluding carboxylic acids is 1. The summed E-state index contributed by atoms with van der Waals surface area (Å²) in [5.41, 5.74) is 2.06. The highest BCUT2D eigenvalue weighted by atomic mass is 16.2. The molecule has 1 aliphatic heterocycles. The lowest BCUT2D eigenvalue weighted by Crippen LogP contribution is -2.47. The second kappa shape index (κ2) is 6.57. The number of nitrogens with zero attached hydrogens (tertiary/aromatic N) is 5. The quantitative estimate of drug-likeness (QED) is 0.685. The number of allylic oxidation sites excluding steroid dienone is 1. The average Bonchev–Trinajstić information content (AvgIpc) is 3.10. The number of benzene rings is 1. The van der Waals surface area contributed by atoms with E-state index in [2.05, 4.69) is 31.3 Å². The zero-order valence-electron chi connectivity index (χ0n) is 12.2. The Hall–Kier alpha value is -3.41. The Bertz CT molecular complexity index is 744. The molecule has 1 fully saturated rings. The number of rotatable bonds is 4. The van der Waals surface area contributed by atoms with Gasteiger partial charge in [0.25, 0.3) is 0 Å². The van der Waals surface area contributed by atoms with Crippen molar-refractivity contribution in [2.45, 2.75) is 0 Å². The number of carbonyl (C=O) groups is 1. The van der Waals surface area contributed by atoms with Crippen LogP contribution >= 0.6 is 0 Å². The van der Waals surface area contributed by atoms with Crippen molar-refractivity contribution in [3.05, 3.63) is 36.3 Å². The van der Waals surface area contributed by atoms with Gasteiger partial charge in [0.2, 0.25) is 11.7 Å². The summed E-state index contributed by atoms with van der Waals surface area (Å²) in [6.45, 7) is 1.80. The number of aromatic amines is 1. The Morgan fingerprint density at radius 2 is 2.22 bits per heavy atom. The fourth-order valence-electron chi connectivity index (χ4n) is 2.21. The monoisotopic (exact) mass is 310 g/mol. The number of tetrazole rings is 1. The molecule has 0 spiro atoms. The van der Waals surface area contributed by atoms with E-state index in [0.29, 0.717) is 13.1 Å². The van der Waals surface area contributed by atoms with Gasteiger partial charge in [0.05, 0.1) is 6.54 Å². The Balaban J connectivity index is 1.68. The number of hydrogen-bond donors (Lipinski definition) is 3. The van der Waals surface area contributed by atoms with Crippen molar-refractivity contribution < 1.29 is 4.79 Å². The fourth-order valence-corrected chi connectivity index (χ4v) is 2.21. The van der Waals surface area contributed by atoms with Gasteiger partial charge < -0.3 is 15.5 Å². The zero-order valence-corrected chi connectivity index (χ0v) is 12.2. The van der Waals surface area contributed by atoms with E-state index in [1.165, 1.54) is 6.20 Å². The smallest absolute Gasteiger partial charge is 0.239 e. The Labute approximate surface area is 132 Å². The first-order valence-corrected chi connectivity index (χ1v) is 6.98. The third-order valence-corrected chi connectivity index (χ3v) is 3.36. The molecule has 0 saturated carbocycles. The summed E-state index contributed by atoms with van der Waals surface area (Å²) in [7, 11) is 0. The van der Waals surface area contributed by atoms with Gasteiger partial charge in [0.1, 0.15) is 11.6 Å². The van der Waals surface area contributed by atoms with Crippen LogP contribution in [0.5, 0.6) is 0 Å². The van der Waals surface area contributed by atoms with Crippen molar-refractivity contribution in [1.82, 2.24) is 25.9 Å². The topological polar surface area (TPSA) is 123 Å². The van der Waals surface area contributed by atoms with Crippen LogP contribution in [0, 0.1) is 11.3 Å². The van der Waals surface area contributed by atoms with Crippen molar-refractivity contribution in [3.8, 4) is 6.07 Å². The van der Waals surface area contributed by atoms with Crippen LogP contribution in [0.15, 0.2) is 30.5 Å². The van der Waals surface area contributed by atoms with E-state index in [4.69, 9.17) is 5.26 Å². The van der Waals surface area contributed by atoms with Crippen LogP contribution in [0.2, 0.25) is 0 Å². The van der Waals surface area contributed by atoms with E-state index >= 15 is 0 Å². The minimum absolute atomic E-state index is 0.0279. The highest BCUT2D eigenvalue weighted by Crippen LogP contribution is 2.19. The summed E-state index contributed by atoms with van der Waals surface area (Å²) in [5.74, 6) is 0.260. The summed E-state index contributed by atoms with van der Waals surface area (Å²) >= 11 is 0. The lowest BCUT2D eigenvalue weighted by atomic mass is 10.2. The van der Waals surface area contributed by atoms with Gasteiger partial charge in [0, 0.05) is 30.7 Å². The average molecular weight is 310 g/mol. The number of anilines is 2. The molecule has 1 aromatic carbocycles. The van der Waals surface area contributed by atoms with E-state index in [9.17, 15) is 4.79 Å². The zero-order chi connectivity index (χ0) is 16.1. The molecule has 3 rings (SSSR count). The van der Waals surface area contributed by atoms with Gasteiger partial charge >= 0.3 is 0 Å². The number of nitrogens with one attached hydrogen (secondary N) is 3. The van der Waals surface area contributed by atoms with Crippen LogP contribution in [0.1, 0.15) is 5.82 Å². The highest BCUT2D eigenvalue weighted by molar-refractivity contribution is 5.82. The van der Waals surface area contributed by atoms with Gasteiger partial charge in [-0.3, -0.25) is 4.79 Å². The largest absolute Gasteiger partial charge is 0.360 e. The van der Waals surface area contributed by atoms with E-state index < -0.39 is 0 Å². The maximum Gasteiger partial charge on any atom is 0.239 e. The predicted octanol–water partition coefficient (Wildman–Crippen LogP) is 0.112. The van der Waals surface area contributed by atoms with Crippen LogP contribution in [0.3, 0.4) is 0 Å². The molecule has 0 aliphatic carbocycles. The molecule has 2 heterocycles. The standard InChI is InChI=1S/C14H14N8O/c15-7-10(14-18-20-21-19-14)8-17-11-1-3-12(4-2-11)22-6-5-16-13(23)9-22/h1-4,8,17H,5-6,9H2,(H,16,23)(H,18,19,20,21). The number of piperazine rings is 1. The highest BCUT2D eigenvalue weighted by Gasteiger charge is 2.16. The van der Waals surface area contributed by atoms with Crippen LogP contribution in [-0.4, -0.2) is 46.2 Å². The molecule has 1 aliphatic rings. The van der Waals surface area contributed by atoms with Crippen molar-refractivity contribution in [1.29, 1.82) is 5.26 Å². The number of amides is 1. The molecule has 0 atom stereocenters. The first kappa shape index (κ1) is 14.5. The molecule has 1 amide bonds. The maximum absolute atomic E-state index is 11.4. The van der Waals surface area contributed by atoms with Crippen molar-refractivity contribution in [2.24, 2.45) is 0 Å². The van der Waals surface area contributed by atoms with E-state index in [0.717, 1.165) is 17.9 Å². The fraction of sp³-hybridized carbons (Fsp3) is 0.214. The minimum Gasteiger partial charge on any atom is -0.360 e. The van der Waals surface area contributed by atoms with Crippen LogP contribution in [0.4, 0.5) is 11.4 Å². The van der Waals surface area contributed by atoms with Crippen LogP contribution in [0.25, 0.3) is 5.57 Å². The van der Waals surface area contributed by atoms with Crippen molar-refractivity contribution in [3.63, 3.8) is 0 Å². The second-order valence-corrected chi connectivity index (χ2v) is 4.87. The second-order valence-electron chi connectivity index (χ2n) is 4.87. The summed E-state index contributed by atoms with van der Waals surface area (Å²) < 4.78 is 0. The molecule has 2 aromatic rings. The third-order valence-electron chi connectivity index (χ3n) is 3.36. The molecule has 0 unspecified atom stereocenters. The van der Waals surface area contributed by atoms with Gasteiger partial charge in [-0.05, 0) is 29.5 Å². The third kappa shape index (κ3) is 3.44. The van der Waals surface area contributed by atoms with Gasteiger partial charge in [0.15, 0.2) is 0 Å². The predicted molar refractivity (Wildman–Crippen MR) is 83.1 cm³/mol. The summed E-state index contributed by atoms with van der Waals surface area (Å²) in [6, 6.07) is 9.61. The van der Waals surface area contributed by atoms with Gasteiger partial charge in [-0.15, -0.1) is 10.2 Å². The molecular formula is C14H14N8O. The number of aromatic nitrogens is 4. The summed E-state index contributed by atoms with van der Waals surface area (Å²) in [6.07, 6.45) is 1.52. The van der Waals surface area contributed by atoms with Crippen LogP contribution < -0.4 is 15.5 Å². The molecule has 9 nitrogen and oxygen atoms in total. The molecular weight excluding hydrogens is 296 g/mol. The van der Waals surface area contributed by atoms with E-state index in [1.807, 2.05) is 35.2 Å². The molecule has 3 N–H and O–H groups in total. The summed E-state index contributed by atoms with van der Waals surface area (Å²) in [4.78, 5) is 13.4. The van der Waals surface area contributed by atoms with Crippen molar-refractivity contribution >= 4 is 22.9 Å². The molecule has 1 aromatic heterocycles. The number of H-pyrrole nitrogens is 1. The summed E-state index contributed by atoms with van der Waals surface area (Å²) in [5, 5.41) is 28.1. The Morgan fingerprint density at radius 1 is 1.39 bits per heavy atom. The maximum atomic E-state index is 11.4. The SMILES string of the molecule is N#CC(=CNc1ccc(N2CCNC(=O)C2)cc1)c1nn[nH]n1. The molecule has 1 saturated heterocycles. The molecule has 116 valence electrons. The molecule has 23 heavy (non-hydrogen) atoms. The minimum atomic E-state index is 0.0279. The van der Waals surface area contributed by atoms with Gasteiger partial charge in [-0.25, -0.2) is 0 Å². The first-order chi connectivity index (χ1) is 11.3. The normalized spacial score (nSPS) is 15.0. The van der Waals surface area contributed by atoms with E-state index in [-0.39, 0.29) is 17.3 Å². The molecule has 0 bridgehead atoms. The van der Waals surface area contributed by atoms with Gasteiger partial charge in [-0.2, -0.15) is 10.5 Å². The lowest BCUT2D eigenvalue weighted by molar-refractivity contribution is -0.120. The first-order valence-electron chi connectivity index (χ1n) is 6.98. The van der Waals surface area contributed by atoms with Crippen molar-refractivity contribution in [2.75, 3.05) is 29.9 Å². The number of hydrogen-bond acceptors (Lipinski definition) is 7. The Morgan fingerprint density at radius 3 is 2.87 bits per heavy atom. The number of nitriles is 1. The lowest BCUT2D eigenvalue weighted by Gasteiger charge is -2.28. The van der Waals surface area contributed by atoms with Crippen LogP contribution in [-0.2, 0) is 4.79 Å². The van der Waals surface area contributed by atoms with E-state index in [1.54, 1.807) is 0 Å². The molecule has 0 radical (unpaired) electrons. The van der Waals surface area contributed by atoms with Gasteiger partial charge in [-0.1, -0.05) is 0 Å².